The molecule has 0 saturated heterocycles. The Morgan fingerprint density at radius 2 is 2.08 bits per heavy atom. The largest absolute Gasteiger partial charge is 0.245 e. The van der Waals surface area contributed by atoms with Crippen molar-refractivity contribution in [3.8, 4) is 11.5 Å². The Kier molecular flexibility index (Phi) is 3.07. The number of hydrogen-bond donors (Lipinski definition) is 0. The Bertz CT molecular complexity index is 320. The van der Waals surface area contributed by atoms with Crippen LogP contribution in [0, 0.1) is 18.4 Å². The zero-order valence-corrected chi connectivity index (χ0v) is 8.68. The van der Waals surface area contributed by atoms with E-state index in [1.54, 1.807) is 0 Å². The van der Waals surface area contributed by atoms with Crippen LogP contribution in [-0.4, -0.2) is 13.8 Å². The van der Waals surface area contributed by atoms with E-state index in [1.807, 2.05) is 25.1 Å². The lowest BCUT2D eigenvalue weighted by Gasteiger charge is -1.91. The van der Waals surface area contributed by atoms with Gasteiger partial charge < -0.3 is 0 Å². The van der Waals surface area contributed by atoms with Crippen molar-refractivity contribution in [2.45, 2.75) is 20.0 Å². The van der Waals surface area contributed by atoms with Crippen LogP contribution in [0.1, 0.15) is 11.4 Å². The predicted molar refractivity (Wildman–Crippen MR) is 53.3 cm³/mol. The van der Waals surface area contributed by atoms with Crippen LogP contribution in [0.15, 0.2) is 18.2 Å². The number of nitrogens with zero attached hydrogens (tertiary/aromatic N) is 1. The van der Waals surface area contributed by atoms with Crippen molar-refractivity contribution in [2.75, 3.05) is 0 Å². The van der Waals surface area contributed by atoms with Crippen LogP contribution in [0.25, 0.3) is 0 Å². The second-order valence-electron chi connectivity index (χ2n) is 2.91. The van der Waals surface area contributed by atoms with E-state index in [9.17, 15) is 0 Å². The monoisotopic (exact) mass is 174 g/mol. The molecule has 0 unspecified atom stereocenters. The Morgan fingerprint density at radius 1 is 1.33 bits per heavy atom. The molecule has 0 aliphatic rings. The molecular weight excluding hydrogens is 162 g/mol. The highest BCUT2D eigenvalue weighted by atomic mass is 28.3. The van der Waals surface area contributed by atoms with E-state index in [1.165, 1.54) is 0 Å². The molecule has 1 aromatic heterocycles. The molecule has 0 saturated carbocycles. The third-order valence-electron chi connectivity index (χ3n) is 1.33. The van der Waals surface area contributed by atoms with Gasteiger partial charge in [-0.05, 0) is 19.1 Å². The van der Waals surface area contributed by atoms with Gasteiger partial charge in [-0.2, -0.15) is 0 Å². The van der Waals surface area contributed by atoms with Gasteiger partial charge in [0.2, 0.25) is 0 Å². The maximum atomic E-state index is 4.29. The lowest BCUT2D eigenvalue weighted by molar-refractivity contribution is 1.18. The number of hydrogen-bond acceptors (Lipinski definition) is 1. The van der Waals surface area contributed by atoms with Gasteiger partial charge in [0.15, 0.2) is 0 Å². The molecule has 1 rings (SSSR count). The highest BCUT2D eigenvalue weighted by Gasteiger charge is 1.89. The Morgan fingerprint density at radius 3 is 2.67 bits per heavy atom. The minimum atomic E-state index is -0.446. The highest BCUT2D eigenvalue weighted by molar-refractivity contribution is 6.64. The van der Waals surface area contributed by atoms with Gasteiger partial charge in [0.25, 0.3) is 0 Å². The van der Waals surface area contributed by atoms with Gasteiger partial charge in [0.05, 0.1) is 0 Å². The fourth-order valence-electron chi connectivity index (χ4n) is 0.802. The molecule has 0 aliphatic heterocycles. The molecule has 2 heteroatoms. The lowest BCUT2D eigenvalue weighted by atomic mass is 10.3. The minimum absolute atomic E-state index is 0.446. The van der Waals surface area contributed by atoms with Crippen LogP contribution in [0.4, 0.5) is 0 Å². The number of rotatable bonds is 0. The van der Waals surface area contributed by atoms with Crippen molar-refractivity contribution in [3.63, 3.8) is 0 Å². The fraction of sp³-hybridized carbons (Fsp3) is 0.300. The zero-order chi connectivity index (χ0) is 8.97. The summed E-state index contributed by atoms with van der Waals surface area (Å²) in [5.41, 5.74) is 5.10. The lowest BCUT2D eigenvalue weighted by Crippen LogP contribution is -1.94. The summed E-state index contributed by atoms with van der Waals surface area (Å²) in [7, 11) is -0.446. The van der Waals surface area contributed by atoms with Gasteiger partial charge in [-0.25, -0.2) is 4.98 Å². The molecule has 0 atom stereocenters. The Hall–Kier alpha value is -1.07. The van der Waals surface area contributed by atoms with Crippen molar-refractivity contribution in [2.24, 2.45) is 0 Å². The van der Waals surface area contributed by atoms with Crippen molar-refractivity contribution in [1.29, 1.82) is 0 Å². The Balaban J connectivity index is 2.85. The molecule has 61 valence electrons. The maximum absolute atomic E-state index is 4.29. The van der Waals surface area contributed by atoms with Crippen molar-refractivity contribution < 1.29 is 0 Å². The molecule has 1 aromatic rings. The molecule has 0 N–H and O–H groups in total. The van der Waals surface area contributed by atoms with Gasteiger partial charge in [0.1, 0.15) is 14.5 Å². The average molecular weight is 174 g/mol. The van der Waals surface area contributed by atoms with E-state index in [-0.39, 0.29) is 0 Å². The normalized spacial score (nSPS) is 9.33. The molecule has 1 nitrogen and oxygen atoms in total. The molecule has 0 spiro atoms. The summed E-state index contributed by atoms with van der Waals surface area (Å²) in [6.45, 7) is 6.33. The summed E-state index contributed by atoms with van der Waals surface area (Å²) >= 11 is 0. The van der Waals surface area contributed by atoms with Crippen LogP contribution < -0.4 is 0 Å². The minimum Gasteiger partial charge on any atom is -0.245 e. The van der Waals surface area contributed by atoms with Gasteiger partial charge in [-0.3, -0.25) is 0 Å². The maximum Gasteiger partial charge on any atom is 0.138 e. The summed E-state index contributed by atoms with van der Waals surface area (Å²) in [5.74, 6) is 3.07. The second kappa shape index (κ2) is 4.08. The summed E-state index contributed by atoms with van der Waals surface area (Å²) < 4.78 is 0. The van der Waals surface area contributed by atoms with Gasteiger partial charge in [0, 0.05) is 5.69 Å². The molecule has 0 amide bonds. The van der Waals surface area contributed by atoms with Gasteiger partial charge in [-0.1, -0.05) is 25.1 Å². The molecular formula is C10H12NSi. The second-order valence-corrected chi connectivity index (χ2v) is 5.16. The molecule has 1 radical (unpaired) electrons. The van der Waals surface area contributed by atoms with Gasteiger partial charge >= 0.3 is 0 Å². The van der Waals surface area contributed by atoms with E-state index in [4.69, 9.17) is 0 Å². The highest BCUT2D eigenvalue weighted by Crippen LogP contribution is 1.95. The summed E-state index contributed by atoms with van der Waals surface area (Å²) in [4.78, 5) is 4.29. The van der Waals surface area contributed by atoms with Crippen LogP contribution in [0.3, 0.4) is 0 Å². The first-order valence-corrected chi connectivity index (χ1v) is 6.44. The molecule has 0 aromatic carbocycles. The third-order valence-corrected chi connectivity index (χ3v) is 1.95. The first kappa shape index (κ1) is 9.02. The number of aryl methyl sites for hydroxylation is 1. The molecule has 1 heterocycles. The van der Waals surface area contributed by atoms with Crippen LogP contribution in [0.2, 0.25) is 13.1 Å². The average Bonchev–Trinajstić information content (AvgIpc) is 2.01. The van der Waals surface area contributed by atoms with E-state index in [2.05, 4.69) is 29.5 Å². The van der Waals surface area contributed by atoms with Crippen molar-refractivity contribution in [1.82, 2.24) is 4.98 Å². The molecule has 12 heavy (non-hydrogen) atoms. The summed E-state index contributed by atoms with van der Waals surface area (Å²) in [5, 5.41) is 0. The van der Waals surface area contributed by atoms with E-state index < -0.39 is 8.80 Å². The Labute approximate surface area is 75.5 Å². The number of pyridine rings is 1. The topological polar surface area (TPSA) is 12.9 Å². The van der Waals surface area contributed by atoms with Crippen LogP contribution >= 0.6 is 0 Å². The first-order chi connectivity index (χ1) is 5.68. The van der Waals surface area contributed by atoms with E-state index in [0.29, 0.717) is 0 Å². The molecule has 0 bridgehead atoms. The van der Waals surface area contributed by atoms with E-state index >= 15 is 0 Å². The standard InChI is InChI=1S/C10H12NSi/c1-9-5-4-6-10(11-9)7-8-12(2)3/h4-6H,1-3H3. The summed E-state index contributed by atoms with van der Waals surface area (Å²) in [6.07, 6.45) is 0. The third kappa shape index (κ3) is 2.89. The zero-order valence-electron chi connectivity index (χ0n) is 7.68. The molecule has 0 aliphatic carbocycles. The predicted octanol–water partition coefficient (Wildman–Crippen LogP) is 2.04. The van der Waals surface area contributed by atoms with Crippen molar-refractivity contribution >= 4 is 8.80 Å². The number of aromatic nitrogens is 1. The van der Waals surface area contributed by atoms with Crippen LogP contribution in [0.5, 0.6) is 0 Å². The van der Waals surface area contributed by atoms with Gasteiger partial charge in [-0.15, -0.1) is 5.54 Å². The fourth-order valence-corrected chi connectivity index (χ4v) is 1.18. The molecule has 0 fully saturated rings. The SMILES string of the molecule is Cc1cccc(C#C[Si](C)C)n1. The quantitative estimate of drug-likeness (QED) is 0.433. The summed E-state index contributed by atoms with van der Waals surface area (Å²) in [6, 6.07) is 5.92. The van der Waals surface area contributed by atoms with E-state index in [0.717, 1.165) is 11.4 Å². The van der Waals surface area contributed by atoms with Crippen LogP contribution in [-0.2, 0) is 0 Å². The van der Waals surface area contributed by atoms with Crippen molar-refractivity contribution in [3.05, 3.63) is 29.6 Å². The first-order valence-electron chi connectivity index (χ1n) is 3.94. The smallest absolute Gasteiger partial charge is 0.138 e.